The number of aromatic nitrogens is 2. The van der Waals surface area contributed by atoms with Gasteiger partial charge < -0.3 is 9.13 Å². The summed E-state index contributed by atoms with van der Waals surface area (Å²) in [7, 11) is 0. The number of benzene rings is 2. The van der Waals surface area contributed by atoms with E-state index in [1.165, 1.54) is 39.7 Å². The maximum atomic E-state index is 13.4. The fraction of sp³-hybridized carbons (Fsp3) is 0.0870. The van der Waals surface area contributed by atoms with Gasteiger partial charge in [-0.25, -0.2) is 0 Å². The van der Waals surface area contributed by atoms with E-state index >= 15 is 0 Å². The van der Waals surface area contributed by atoms with E-state index < -0.39 is 28.3 Å². The lowest BCUT2D eigenvalue weighted by atomic mass is 10.1. The Labute approximate surface area is 184 Å². The van der Waals surface area contributed by atoms with Crippen molar-refractivity contribution in [2.45, 2.75) is 12.7 Å². The third kappa shape index (κ3) is 3.90. The zero-order valence-corrected chi connectivity index (χ0v) is 17.0. The highest BCUT2D eigenvalue weighted by atomic mass is 35.5. The minimum Gasteiger partial charge on any atom is -0.316 e. The molecule has 0 aliphatic heterocycles. The Morgan fingerprint density at radius 3 is 2.34 bits per heavy atom. The first-order valence-corrected chi connectivity index (χ1v) is 9.68. The molecule has 2 aromatic carbocycles. The van der Waals surface area contributed by atoms with Gasteiger partial charge in [-0.3, -0.25) is 9.59 Å². The van der Waals surface area contributed by atoms with Gasteiger partial charge in [0, 0.05) is 29.2 Å². The second-order valence-corrected chi connectivity index (χ2v) is 7.46. The molecule has 32 heavy (non-hydrogen) atoms. The first-order valence-electron chi connectivity index (χ1n) is 9.30. The molecule has 4 rings (SSSR count). The average molecular weight is 456 g/mol. The molecule has 2 aromatic heterocycles. The van der Waals surface area contributed by atoms with Gasteiger partial charge >= 0.3 is 6.18 Å². The molecule has 160 valence electrons. The van der Waals surface area contributed by atoms with Crippen LogP contribution < -0.4 is 11.0 Å². The fourth-order valence-electron chi connectivity index (χ4n) is 3.45. The number of nitrogens with zero attached hydrogens (tertiary/aromatic N) is 3. The quantitative estimate of drug-likeness (QED) is 0.448. The molecule has 2 heterocycles. The van der Waals surface area contributed by atoms with E-state index in [0.29, 0.717) is 5.02 Å². The van der Waals surface area contributed by atoms with Crippen molar-refractivity contribution >= 4 is 22.5 Å². The van der Waals surface area contributed by atoms with Gasteiger partial charge in [0.1, 0.15) is 5.39 Å². The van der Waals surface area contributed by atoms with Gasteiger partial charge in [-0.15, -0.1) is 0 Å². The van der Waals surface area contributed by atoms with Gasteiger partial charge in [0.15, 0.2) is 5.43 Å². The van der Waals surface area contributed by atoms with Crippen molar-refractivity contribution in [1.29, 1.82) is 5.26 Å². The molecule has 0 aliphatic rings. The van der Waals surface area contributed by atoms with Crippen LogP contribution in [0.3, 0.4) is 0 Å². The van der Waals surface area contributed by atoms with Crippen molar-refractivity contribution < 1.29 is 13.2 Å². The Morgan fingerprint density at radius 1 is 0.969 bits per heavy atom. The van der Waals surface area contributed by atoms with Crippen LogP contribution in [-0.4, -0.2) is 9.13 Å². The minimum atomic E-state index is -4.73. The Morgan fingerprint density at radius 2 is 1.69 bits per heavy atom. The molecule has 0 saturated carbocycles. The van der Waals surface area contributed by atoms with Crippen LogP contribution in [0.25, 0.3) is 16.6 Å². The van der Waals surface area contributed by atoms with E-state index in [4.69, 9.17) is 16.9 Å². The first kappa shape index (κ1) is 21.4. The Balaban J connectivity index is 1.89. The molecule has 0 radical (unpaired) electrons. The summed E-state index contributed by atoms with van der Waals surface area (Å²) in [6.07, 6.45) is -1.96. The highest BCUT2D eigenvalue weighted by Crippen LogP contribution is 2.33. The SMILES string of the molecule is N#Cc1ccc(-n2ccc(=O)c3c(=O)n(Cc4ccc(Cl)cc4)ccc32)cc1C(F)(F)F. The molecule has 0 unspecified atom stereocenters. The van der Waals surface area contributed by atoms with E-state index in [0.717, 1.165) is 23.8 Å². The second-order valence-electron chi connectivity index (χ2n) is 7.02. The maximum absolute atomic E-state index is 13.4. The highest BCUT2D eigenvalue weighted by molar-refractivity contribution is 6.30. The fourth-order valence-corrected chi connectivity index (χ4v) is 3.58. The third-order valence-electron chi connectivity index (χ3n) is 5.00. The Kier molecular flexibility index (Phi) is 5.36. The number of nitriles is 1. The monoisotopic (exact) mass is 455 g/mol. The molecule has 0 fully saturated rings. The summed E-state index contributed by atoms with van der Waals surface area (Å²) in [5.41, 5.74) is -1.71. The standard InChI is InChI=1S/C23H13ClF3N3O2/c24-16-4-1-14(2-5-16)13-29-9-7-19-21(22(29)32)20(31)8-10-30(19)17-6-3-15(12-28)18(11-17)23(25,26)27/h1-11H,13H2. The molecule has 9 heteroatoms. The number of hydrogen-bond donors (Lipinski definition) is 0. The molecule has 0 aliphatic carbocycles. The molecule has 0 amide bonds. The topological polar surface area (TPSA) is 67.8 Å². The smallest absolute Gasteiger partial charge is 0.316 e. The molecule has 0 N–H and O–H groups in total. The zero-order chi connectivity index (χ0) is 23.0. The van der Waals surface area contributed by atoms with Crippen molar-refractivity contribution in [2.24, 2.45) is 0 Å². The summed E-state index contributed by atoms with van der Waals surface area (Å²) < 4.78 is 42.8. The van der Waals surface area contributed by atoms with Crippen LogP contribution in [0.4, 0.5) is 13.2 Å². The van der Waals surface area contributed by atoms with Crippen LogP contribution in [0.15, 0.2) is 76.6 Å². The normalized spacial score (nSPS) is 11.5. The lowest BCUT2D eigenvalue weighted by Gasteiger charge is -2.15. The summed E-state index contributed by atoms with van der Waals surface area (Å²) in [5, 5.41) is 9.40. The molecule has 0 bridgehead atoms. The van der Waals surface area contributed by atoms with Crippen LogP contribution in [0, 0.1) is 11.3 Å². The van der Waals surface area contributed by atoms with Gasteiger partial charge in [-0.2, -0.15) is 18.4 Å². The molecule has 0 saturated heterocycles. The van der Waals surface area contributed by atoms with Crippen molar-refractivity contribution in [3.63, 3.8) is 0 Å². The predicted molar refractivity (Wildman–Crippen MR) is 114 cm³/mol. The van der Waals surface area contributed by atoms with Crippen molar-refractivity contribution in [1.82, 2.24) is 9.13 Å². The lowest BCUT2D eigenvalue weighted by Crippen LogP contribution is -2.25. The van der Waals surface area contributed by atoms with E-state index in [2.05, 4.69) is 0 Å². The average Bonchev–Trinajstić information content (AvgIpc) is 2.76. The van der Waals surface area contributed by atoms with Crippen LogP contribution >= 0.6 is 11.6 Å². The van der Waals surface area contributed by atoms with E-state index in [-0.39, 0.29) is 23.1 Å². The van der Waals surface area contributed by atoms with Crippen LogP contribution in [-0.2, 0) is 12.7 Å². The van der Waals surface area contributed by atoms with Gasteiger partial charge in [0.05, 0.1) is 29.3 Å². The molecule has 0 atom stereocenters. The largest absolute Gasteiger partial charge is 0.417 e. The summed E-state index contributed by atoms with van der Waals surface area (Å²) in [6.45, 7) is 0.190. The van der Waals surface area contributed by atoms with Gasteiger partial charge in [0.25, 0.3) is 5.56 Å². The highest BCUT2D eigenvalue weighted by Gasteiger charge is 2.34. The molecule has 4 aromatic rings. The number of alkyl halides is 3. The van der Waals surface area contributed by atoms with E-state index in [1.54, 1.807) is 24.3 Å². The van der Waals surface area contributed by atoms with Crippen molar-refractivity contribution in [3.8, 4) is 11.8 Å². The predicted octanol–water partition coefficient (Wildman–Crippen LogP) is 4.74. The minimum absolute atomic E-state index is 0.0659. The molecular weight excluding hydrogens is 443 g/mol. The summed E-state index contributed by atoms with van der Waals surface area (Å²) in [4.78, 5) is 25.5. The number of rotatable bonds is 3. The second kappa shape index (κ2) is 8.02. The van der Waals surface area contributed by atoms with Gasteiger partial charge in [0.2, 0.25) is 0 Å². The third-order valence-corrected chi connectivity index (χ3v) is 5.25. The molecular formula is C23H13ClF3N3O2. The summed E-state index contributed by atoms with van der Waals surface area (Å²) >= 11 is 5.88. The van der Waals surface area contributed by atoms with E-state index in [9.17, 15) is 22.8 Å². The first-order chi connectivity index (χ1) is 15.2. The van der Waals surface area contributed by atoms with Gasteiger partial charge in [-0.1, -0.05) is 23.7 Å². The van der Waals surface area contributed by atoms with E-state index in [1.807, 2.05) is 0 Å². The van der Waals surface area contributed by atoms with Crippen LogP contribution in [0.5, 0.6) is 0 Å². The number of fused-ring (bicyclic) bond motifs is 1. The number of hydrogen-bond acceptors (Lipinski definition) is 3. The summed E-state index contributed by atoms with van der Waals surface area (Å²) in [5.74, 6) is 0. The van der Waals surface area contributed by atoms with Gasteiger partial charge in [-0.05, 0) is 42.0 Å². The molecule has 0 spiro atoms. The zero-order valence-electron chi connectivity index (χ0n) is 16.2. The van der Waals surface area contributed by atoms with Crippen LogP contribution in [0.1, 0.15) is 16.7 Å². The Bertz CT molecular complexity index is 1500. The lowest BCUT2D eigenvalue weighted by molar-refractivity contribution is -0.137. The number of halogens is 4. The summed E-state index contributed by atoms with van der Waals surface area (Å²) in [6, 6.07) is 14.2. The molecule has 5 nitrogen and oxygen atoms in total. The number of pyridine rings is 2. The Hall–Kier alpha value is -3.83. The van der Waals surface area contributed by atoms with Crippen molar-refractivity contribution in [2.75, 3.05) is 0 Å². The maximum Gasteiger partial charge on any atom is 0.417 e. The van der Waals surface area contributed by atoms with Crippen molar-refractivity contribution in [3.05, 3.63) is 109 Å². The van der Waals surface area contributed by atoms with Crippen LogP contribution in [0.2, 0.25) is 5.02 Å².